The average molecular weight is 267 g/mol. The second-order valence-electron chi connectivity index (χ2n) is 3.46. The van der Waals surface area contributed by atoms with Crippen molar-refractivity contribution < 1.29 is 27.5 Å². The Hall–Kier alpha value is -1.93. The van der Waals surface area contributed by atoms with Gasteiger partial charge in [-0.05, 0) is 6.92 Å². The van der Waals surface area contributed by atoms with Gasteiger partial charge in [0.15, 0.2) is 11.6 Å². The lowest BCUT2D eigenvalue weighted by atomic mass is 10.3. The van der Waals surface area contributed by atoms with Crippen molar-refractivity contribution in [2.24, 2.45) is 0 Å². The third-order valence-electron chi connectivity index (χ3n) is 1.94. The number of anilines is 1. The van der Waals surface area contributed by atoms with E-state index in [2.05, 4.69) is 9.97 Å². The molecule has 9 heteroatoms. The fourth-order valence-electron chi connectivity index (χ4n) is 1.25. The summed E-state index contributed by atoms with van der Waals surface area (Å²) in [6.45, 7) is -1.37. The van der Waals surface area contributed by atoms with E-state index in [-0.39, 0.29) is 5.69 Å². The van der Waals surface area contributed by atoms with E-state index >= 15 is 0 Å². The fourth-order valence-corrected chi connectivity index (χ4v) is 1.25. The van der Waals surface area contributed by atoms with Crippen molar-refractivity contribution in [1.29, 1.82) is 0 Å². The van der Waals surface area contributed by atoms with Crippen LogP contribution in [0.2, 0.25) is 0 Å². The Morgan fingerprint density at radius 2 is 2.06 bits per heavy atom. The molecule has 1 N–H and O–H groups in total. The minimum absolute atomic E-state index is 0.155. The molecule has 0 atom stereocenters. The van der Waals surface area contributed by atoms with Crippen molar-refractivity contribution >= 4 is 11.8 Å². The maximum Gasteiger partial charge on any atom is 0.405 e. The Labute approximate surface area is 99.1 Å². The van der Waals surface area contributed by atoms with Crippen LogP contribution < -0.4 is 4.90 Å². The van der Waals surface area contributed by atoms with E-state index < -0.39 is 36.9 Å². The summed E-state index contributed by atoms with van der Waals surface area (Å²) in [5, 5.41) is 8.53. The van der Waals surface area contributed by atoms with Gasteiger partial charge in [0.05, 0.1) is 5.69 Å². The molecule has 0 radical (unpaired) electrons. The standard InChI is InChI=1S/C9H9F4N3O2/c1-5-7(10)8(15-4-14-5)16(2-6(17)18)3-9(11,12)13/h4H,2-3H2,1H3,(H,17,18). The van der Waals surface area contributed by atoms with Gasteiger partial charge >= 0.3 is 12.1 Å². The van der Waals surface area contributed by atoms with Gasteiger partial charge in [0, 0.05) is 0 Å². The fraction of sp³-hybridized carbons (Fsp3) is 0.444. The highest BCUT2D eigenvalue weighted by atomic mass is 19.4. The van der Waals surface area contributed by atoms with Gasteiger partial charge in [-0.15, -0.1) is 0 Å². The number of hydrogen-bond acceptors (Lipinski definition) is 4. The molecule has 5 nitrogen and oxygen atoms in total. The molecule has 0 unspecified atom stereocenters. The van der Waals surface area contributed by atoms with Gasteiger partial charge in [0.1, 0.15) is 19.4 Å². The Kier molecular flexibility index (Phi) is 4.04. The zero-order chi connectivity index (χ0) is 13.9. The summed E-state index contributed by atoms with van der Waals surface area (Å²) in [6, 6.07) is 0. The van der Waals surface area contributed by atoms with Crippen molar-refractivity contribution in [3.8, 4) is 0 Å². The largest absolute Gasteiger partial charge is 0.480 e. The summed E-state index contributed by atoms with van der Waals surface area (Å²) in [5.41, 5.74) is -0.155. The smallest absolute Gasteiger partial charge is 0.405 e. The molecule has 18 heavy (non-hydrogen) atoms. The maximum absolute atomic E-state index is 13.6. The molecule has 0 saturated carbocycles. The van der Waals surface area contributed by atoms with Crippen LogP contribution in [0.5, 0.6) is 0 Å². The van der Waals surface area contributed by atoms with Crippen LogP contribution in [-0.4, -0.2) is 40.3 Å². The summed E-state index contributed by atoms with van der Waals surface area (Å²) in [7, 11) is 0. The molecule has 0 spiro atoms. The van der Waals surface area contributed by atoms with Gasteiger partial charge in [-0.25, -0.2) is 14.4 Å². The molecule has 0 aliphatic heterocycles. The Balaban J connectivity index is 3.09. The van der Waals surface area contributed by atoms with Crippen LogP contribution >= 0.6 is 0 Å². The monoisotopic (exact) mass is 267 g/mol. The van der Waals surface area contributed by atoms with Crippen LogP contribution in [0.15, 0.2) is 6.33 Å². The van der Waals surface area contributed by atoms with Crippen LogP contribution in [-0.2, 0) is 4.79 Å². The predicted molar refractivity (Wildman–Crippen MR) is 52.6 cm³/mol. The van der Waals surface area contributed by atoms with Crippen LogP contribution in [0, 0.1) is 12.7 Å². The molecule has 1 aromatic heterocycles. The van der Waals surface area contributed by atoms with Gasteiger partial charge in [0.25, 0.3) is 0 Å². The Morgan fingerprint density at radius 1 is 1.44 bits per heavy atom. The molecule has 0 aliphatic carbocycles. The third-order valence-corrected chi connectivity index (χ3v) is 1.94. The lowest BCUT2D eigenvalue weighted by molar-refractivity contribution is -0.136. The zero-order valence-electron chi connectivity index (χ0n) is 9.20. The summed E-state index contributed by atoms with van der Waals surface area (Å²) in [5.74, 6) is -3.26. The summed E-state index contributed by atoms with van der Waals surface area (Å²) in [6.07, 6.45) is -3.79. The average Bonchev–Trinajstić information content (AvgIpc) is 2.18. The van der Waals surface area contributed by atoms with Gasteiger partial charge in [0.2, 0.25) is 0 Å². The molecule has 0 aromatic carbocycles. The number of carboxylic acid groups (broad SMARTS) is 1. The number of rotatable bonds is 4. The quantitative estimate of drug-likeness (QED) is 0.835. The number of nitrogens with zero attached hydrogens (tertiary/aromatic N) is 3. The second kappa shape index (κ2) is 5.15. The molecule has 100 valence electrons. The number of aryl methyl sites for hydroxylation is 1. The molecule has 0 bridgehead atoms. The van der Waals surface area contributed by atoms with E-state index in [1.165, 1.54) is 6.92 Å². The second-order valence-corrected chi connectivity index (χ2v) is 3.46. The van der Waals surface area contributed by atoms with E-state index in [0.29, 0.717) is 4.90 Å². The first kappa shape index (κ1) is 14.1. The number of hydrogen-bond donors (Lipinski definition) is 1. The summed E-state index contributed by atoms with van der Waals surface area (Å²) >= 11 is 0. The van der Waals surface area contributed by atoms with E-state index in [4.69, 9.17) is 5.11 Å². The van der Waals surface area contributed by atoms with E-state index in [1.807, 2.05) is 0 Å². The van der Waals surface area contributed by atoms with Crippen molar-refractivity contribution in [1.82, 2.24) is 9.97 Å². The molecule has 0 saturated heterocycles. The molecular weight excluding hydrogens is 258 g/mol. The third kappa shape index (κ3) is 3.82. The topological polar surface area (TPSA) is 66.3 Å². The lowest BCUT2D eigenvalue weighted by Gasteiger charge is -2.23. The number of carboxylic acids is 1. The first-order valence-electron chi connectivity index (χ1n) is 4.71. The van der Waals surface area contributed by atoms with Gasteiger partial charge < -0.3 is 10.0 Å². The molecule has 1 heterocycles. The van der Waals surface area contributed by atoms with Gasteiger partial charge in [-0.2, -0.15) is 13.2 Å². The number of halogens is 4. The van der Waals surface area contributed by atoms with E-state index in [1.54, 1.807) is 0 Å². The first-order valence-corrected chi connectivity index (χ1v) is 4.71. The zero-order valence-corrected chi connectivity index (χ0v) is 9.20. The highest BCUT2D eigenvalue weighted by molar-refractivity contribution is 5.73. The Morgan fingerprint density at radius 3 is 2.56 bits per heavy atom. The number of alkyl halides is 3. The maximum atomic E-state index is 13.6. The molecule has 0 aliphatic rings. The first-order chi connectivity index (χ1) is 8.20. The number of carbonyl (C=O) groups is 1. The molecular formula is C9H9F4N3O2. The van der Waals surface area contributed by atoms with Crippen molar-refractivity contribution in [3.63, 3.8) is 0 Å². The van der Waals surface area contributed by atoms with Crippen molar-refractivity contribution in [2.75, 3.05) is 18.0 Å². The SMILES string of the molecule is Cc1ncnc(N(CC(=O)O)CC(F)(F)F)c1F. The Bertz CT molecular complexity index is 450. The van der Waals surface area contributed by atoms with E-state index in [9.17, 15) is 22.4 Å². The van der Waals surface area contributed by atoms with Crippen LogP contribution in [0.3, 0.4) is 0 Å². The number of aromatic nitrogens is 2. The van der Waals surface area contributed by atoms with Crippen LogP contribution in [0.4, 0.5) is 23.4 Å². The summed E-state index contributed by atoms with van der Waals surface area (Å²) in [4.78, 5) is 17.6. The van der Waals surface area contributed by atoms with E-state index in [0.717, 1.165) is 6.33 Å². The summed E-state index contributed by atoms with van der Waals surface area (Å²) < 4.78 is 50.4. The van der Waals surface area contributed by atoms with Crippen LogP contribution in [0.25, 0.3) is 0 Å². The number of aliphatic carboxylic acids is 1. The van der Waals surface area contributed by atoms with Crippen molar-refractivity contribution in [3.05, 3.63) is 17.8 Å². The van der Waals surface area contributed by atoms with Gasteiger partial charge in [-0.3, -0.25) is 4.79 Å². The molecule has 1 aromatic rings. The molecule has 0 fully saturated rings. The predicted octanol–water partition coefficient (Wildman–Crippen LogP) is 1.38. The minimum Gasteiger partial charge on any atom is -0.480 e. The lowest BCUT2D eigenvalue weighted by Crippen LogP contribution is -2.39. The van der Waals surface area contributed by atoms with Crippen molar-refractivity contribution in [2.45, 2.75) is 13.1 Å². The minimum atomic E-state index is -4.67. The highest BCUT2D eigenvalue weighted by Gasteiger charge is 2.33. The molecule has 0 amide bonds. The van der Waals surface area contributed by atoms with Crippen LogP contribution in [0.1, 0.15) is 5.69 Å². The van der Waals surface area contributed by atoms with Gasteiger partial charge in [-0.1, -0.05) is 0 Å². The highest BCUT2D eigenvalue weighted by Crippen LogP contribution is 2.23. The molecule has 1 rings (SSSR count). The normalized spacial score (nSPS) is 11.4.